The largest absolute Gasteiger partial charge is 0.454 e. The van der Waals surface area contributed by atoms with Gasteiger partial charge in [0.15, 0.2) is 11.5 Å². The van der Waals surface area contributed by atoms with Crippen LogP contribution in [0.25, 0.3) is 0 Å². The number of carbonyl (C=O) groups excluding carboxylic acids is 1. The quantitative estimate of drug-likeness (QED) is 0.691. The van der Waals surface area contributed by atoms with Crippen molar-refractivity contribution in [1.82, 2.24) is 4.98 Å². The van der Waals surface area contributed by atoms with E-state index in [1.165, 1.54) is 0 Å². The number of benzene rings is 2. The van der Waals surface area contributed by atoms with E-state index >= 15 is 0 Å². The first-order chi connectivity index (χ1) is 13.3. The Balaban J connectivity index is 1.31. The number of amides is 1. The van der Waals surface area contributed by atoms with E-state index in [2.05, 4.69) is 15.6 Å². The van der Waals surface area contributed by atoms with E-state index in [1.54, 1.807) is 6.20 Å². The van der Waals surface area contributed by atoms with E-state index in [0.29, 0.717) is 30.1 Å². The molecule has 0 fully saturated rings. The number of ether oxygens (including phenoxy) is 2. The monoisotopic (exact) mass is 361 g/mol. The molecule has 1 amide bonds. The summed E-state index contributed by atoms with van der Waals surface area (Å²) in [4.78, 5) is 16.4. The Labute approximate surface area is 157 Å². The average Bonchev–Trinajstić information content (AvgIpc) is 3.17. The lowest BCUT2D eigenvalue weighted by Crippen LogP contribution is -2.12. The first kappa shape index (κ1) is 16.9. The molecule has 1 aromatic heterocycles. The Kier molecular flexibility index (Phi) is 4.87. The molecule has 0 bridgehead atoms. The summed E-state index contributed by atoms with van der Waals surface area (Å²) >= 11 is 0. The van der Waals surface area contributed by atoms with Gasteiger partial charge in [0, 0.05) is 18.2 Å². The highest BCUT2D eigenvalue weighted by Gasteiger charge is 2.13. The molecular formula is C21H19N3O3. The number of aryl methyl sites for hydroxylation is 1. The highest BCUT2D eigenvalue weighted by Crippen LogP contribution is 2.34. The maximum atomic E-state index is 12.1. The number of hydrogen-bond acceptors (Lipinski definition) is 5. The molecule has 2 heterocycles. The van der Waals surface area contributed by atoms with Crippen LogP contribution < -0.4 is 20.1 Å². The van der Waals surface area contributed by atoms with Gasteiger partial charge in [-0.05, 0) is 36.2 Å². The number of pyridine rings is 1. The van der Waals surface area contributed by atoms with Crippen LogP contribution in [0.4, 0.5) is 17.2 Å². The second-order valence-corrected chi connectivity index (χ2v) is 6.16. The highest BCUT2D eigenvalue weighted by molar-refractivity contribution is 5.90. The number of aromatic nitrogens is 1. The Morgan fingerprint density at radius 2 is 1.78 bits per heavy atom. The highest BCUT2D eigenvalue weighted by atomic mass is 16.7. The number of fused-ring (bicyclic) bond motifs is 1. The molecule has 136 valence electrons. The van der Waals surface area contributed by atoms with E-state index in [9.17, 15) is 4.79 Å². The van der Waals surface area contributed by atoms with Crippen molar-refractivity contribution >= 4 is 23.1 Å². The molecule has 0 saturated carbocycles. The molecule has 4 rings (SSSR count). The summed E-state index contributed by atoms with van der Waals surface area (Å²) in [6, 6.07) is 19.2. The van der Waals surface area contributed by atoms with Gasteiger partial charge >= 0.3 is 0 Å². The zero-order valence-corrected chi connectivity index (χ0v) is 14.6. The smallest absolute Gasteiger partial charge is 0.231 e. The predicted molar refractivity (Wildman–Crippen MR) is 103 cm³/mol. The molecule has 2 aromatic carbocycles. The van der Waals surface area contributed by atoms with Gasteiger partial charge in [-0.3, -0.25) is 4.79 Å². The molecule has 6 nitrogen and oxygen atoms in total. The summed E-state index contributed by atoms with van der Waals surface area (Å²) in [6.45, 7) is 0.246. The summed E-state index contributed by atoms with van der Waals surface area (Å²) in [5, 5.41) is 6.07. The van der Waals surface area contributed by atoms with Crippen LogP contribution in [0.15, 0.2) is 66.9 Å². The molecule has 6 heteroatoms. The molecule has 3 aromatic rings. The molecule has 1 aliphatic rings. The summed E-state index contributed by atoms with van der Waals surface area (Å²) in [5.74, 6) is 2.10. The molecule has 0 radical (unpaired) electrons. The maximum Gasteiger partial charge on any atom is 0.231 e. The van der Waals surface area contributed by atoms with Crippen molar-refractivity contribution in [2.45, 2.75) is 12.8 Å². The number of nitrogens with zero attached hydrogens (tertiary/aromatic N) is 1. The zero-order valence-electron chi connectivity index (χ0n) is 14.6. The Morgan fingerprint density at radius 3 is 2.59 bits per heavy atom. The molecule has 2 N–H and O–H groups in total. The fourth-order valence-corrected chi connectivity index (χ4v) is 2.79. The van der Waals surface area contributed by atoms with Crippen LogP contribution in [0.3, 0.4) is 0 Å². The van der Waals surface area contributed by atoms with E-state index < -0.39 is 0 Å². The van der Waals surface area contributed by atoms with Crippen LogP contribution in [0.2, 0.25) is 0 Å². The average molecular weight is 361 g/mol. The molecular weight excluding hydrogens is 342 g/mol. The normalized spacial score (nSPS) is 11.9. The number of anilines is 3. The Morgan fingerprint density at radius 1 is 0.963 bits per heavy atom. The van der Waals surface area contributed by atoms with Crippen molar-refractivity contribution in [3.63, 3.8) is 0 Å². The van der Waals surface area contributed by atoms with Crippen LogP contribution in [0, 0.1) is 0 Å². The third-order valence-electron chi connectivity index (χ3n) is 4.18. The lowest BCUT2D eigenvalue weighted by molar-refractivity contribution is -0.116. The number of hydrogen-bond donors (Lipinski definition) is 2. The zero-order chi connectivity index (χ0) is 18.5. The fourth-order valence-electron chi connectivity index (χ4n) is 2.79. The van der Waals surface area contributed by atoms with Gasteiger partial charge in [-0.15, -0.1) is 0 Å². The SMILES string of the molecule is O=C(CCc1ccccc1)Nc1ccc(Nc2ccc3c(c2)OCO3)nc1. The number of rotatable bonds is 6. The lowest BCUT2D eigenvalue weighted by Gasteiger charge is -2.08. The van der Waals surface area contributed by atoms with Crippen molar-refractivity contribution in [1.29, 1.82) is 0 Å². The first-order valence-electron chi connectivity index (χ1n) is 8.73. The topological polar surface area (TPSA) is 72.5 Å². The van der Waals surface area contributed by atoms with Crippen LogP contribution in [-0.2, 0) is 11.2 Å². The van der Waals surface area contributed by atoms with Gasteiger partial charge in [0.05, 0.1) is 11.9 Å². The minimum absolute atomic E-state index is 0.0304. The van der Waals surface area contributed by atoms with Gasteiger partial charge < -0.3 is 20.1 Å². The van der Waals surface area contributed by atoms with Crippen LogP contribution in [-0.4, -0.2) is 17.7 Å². The van der Waals surface area contributed by atoms with Crippen LogP contribution >= 0.6 is 0 Å². The van der Waals surface area contributed by atoms with Crippen molar-refractivity contribution in [3.05, 3.63) is 72.4 Å². The van der Waals surface area contributed by atoms with E-state index in [0.717, 1.165) is 17.0 Å². The van der Waals surface area contributed by atoms with Crippen molar-refractivity contribution < 1.29 is 14.3 Å². The first-order valence-corrected chi connectivity index (χ1v) is 8.73. The molecule has 27 heavy (non-hydrogen) atoms. The Hall–Kier alpha value is -3.54. The van der Waals surface area contributed by atoms with Gasteiger partial charge in [0.25, 0.3) is 0 Å². The lowest BCUT2D eigenvalue weighted by atomic mass is 10.1. The van der Waals surface area contributed by atoms with Crippen LogP contribution in [0.5, 0.6) is 11.5 Å². The number of carbonyl (C=O) groups is 1. The predicted octanol–water partition coefficient (Wildman–Crippen LogP) is 4.13. The van der Waals surface area contributed by atoms with Gasteiger partial charge in [-0.2, -0.15) is 0 Å². The minimum atomic E-state index is -0.0304. The van der Waals surface area contributed by atoms with Crippen molar-refractivity contribution in [2.75, 3.05) is 17.4 Å². The second-order valence-electron chi connectivity index (χ2n) is 6.16. The molecule has 0 spiro atoms. The standard InChI is InChI=1S/C21H19N3O3/c25-21(11-6-15-4-2-1-3-5-15)24-17-8-10-20(22-13-17)23-16-7-9-18-19(12-16)27-14-26-18/h1-5,7-10,12-13H,6,11,14H2,(H,22,23)(H,24,25). The minimum Gasteiger partial charge on any atom is -0.454 e. The van der Waals surface area contributed by atoms with Crippen molar-refractivity contribution in [2.24, 2.45) is 0 Å². The third-order valence-corrected chi connectivity index (χ3v) is 4.18. The summed E-state index contributed by atoms with van der Waals surface area (Å²) < 4.78 is 10.7. The van der Waals surface area contributed by atoms with Gasteiger partial charge in [-0.1, -0.05) is 30.3 Å². The summed E-state index contributed by atoms with van der Waals surface area (Å²) in [6.07, 6.45) is 2.78. The summed E-state index contributed by atoms with van der Waals surface area (Å²) in [7, 11) is 0. The summed E-state index contributed by atoms with van der Waals surface area (Å²) in [5.41, 5.74) is 2.67. The maximum absolute atomic E-state index is 12.1. The van der Waals surface area contributed by atoms with E-state index in [1.807, 2.05) is 60.7 Å². The van der Waals surface area contributed by atoms with Crippen molar-refractivity contribution in [3.8, 4) is 11.5 Å². The second kappa shape index (κ2) is 7.78. The van der Waals surface area contributed by atoms with E-state index in [-0.39, 0.29) is 12.7 Å². The van der Waals surface area contributed by atoms with Gasteiger partial charge in [0.1, 0.15) is 5.82 Å². The third kappa shape index (κ3) is 4.36. The molecule has 0 unspecified atom stereocenters. The van der Waals surface area contributed by atoms with Crippen LogP contribution in [0.1, 0.15) is 12.0 Å². The van der Waals surface area contributed by atoms with Gasteiger partial charge in [-0.25, -0.2) is 4.98 Å². The molecule has 1 aliphatic heterocycles. The molecule has 0 aliphatic carbocycles. The molecule has 0 atom stereocenters. The fraction of sp³-hybridized carbons (Fsp3) is 0.143. The van der Waals surface area contributed by atoms with E-state index in [4.69, 9.17) is 9.47 Å². The number of nitrogens with one attached hydrogen (secondary N) is 2. The molecule has 0 saturated heterocycles. The Bertz CT molecular complexity index is 927. The van der Waals surface area contributed by atoms with Gasteiger partial charge in [0.2, 0.25) is 12.7 Å².